The first-order valence-corrected chi connectivity index (χ1v) is 7.41. The smallest absolute Gasteiger partial charge is 0.227 e. The van der Waals surface area contributed by atoms with Crippen molar-refractivity contribution in [3.05, 3.63) is 12.3 Å². The predicted octanol–water partition coefficient (Wildman–Crippen LogP) is 4.12. The van der Waals surface area contributed by atoms with Crippen molar-refractivity contribution in [2.45, 2.75) is 60.3 Å². The van der Waals surface area contributed by atoms with Gasteiger partial charge in [0, 0.05) is 5.92 Å². The average Bonchev–Trinajstić information content (AvgIpc) is 2.33. The normalized spacial score (nSPS) is 30.8. The molecule has 0 spiro atoms. The molecule has 18 heavy (non-hydrogen) atoms. The zero-order valence-corrected chi connectivity index (χ0v) is 12.6. The van der Waals surface area contributed by atoms with E-state index in [1.165, 1.54) is 25.7 Å². The Hall–Kier alpha value is -0.790. The summed E-state index contributed by atoms with van der Waals surface area (Å²) in [6, 6.07) is 0. The SMILES string of the molecule is C/C=C\NC(=O)C1C(C)CC1[C@](C)(CC)CCC. The largest absolute Gasteiger partial charge is 0.333 e. The fourth-order valence-electron chi connectivity index (χ4n) is 3.51. The Bertz CT molecular complexity index is 310. The number of rotatable bonds is 6. The Morgan fingerprint density at radius 3 is 2.56 bits per heavy atom. The molecular weight excluding hydrogens is 222 g/mol. The van der Waals surface area contributed by atoms with Crippen molar-refractivity contribution in [3.8, 4) is 0 Å². The van der Waals surface area contributed by atoms with E-state index in [0.29, 0.717) is 17.3 Å². The third-order valence-electron chi connectivity index (χ3n) is 4.89. The molecule has 3 unspecified atom stereocenters. The minimum absolute atomic E-state index is 0.206. The van der Waals surface area contributed by atoms with Gasteiger partial charge < -0.3 is 5.32 Å². The van der Waals surface area contributed by atoms with Crippen LogP contribution >= 0.6 is 0 Å². The molecule has 1 fully saturated rings. The van der Waals surface area contributed by atoms with Crippen LogP contribution < -0.4 is 5.32 Å². The quantitative estimate of drug-likeness (QED) is 0.755. The van der Waals surface area contributed by atoms with Crippen LogP contribution in [0.5, 0.6) is 0 Å². The molecular formula is C16H29NO. The first kappa shape index (κ1) is 15.3. The minimum Gasteiger partial charge on any atom is -0.333 e. The van der Waals surface area contributed by atoms with Crippen molar-refractivity contribution in [2.75, 3.05) is 0 Å². The maximum atomic E-state index is 12.2. The van der Waals surface area contributed by atoms with Crippen molar-refractivity contribution >= 4 is 5.91 Å². The van der Waals surface area contributed by atoms with Gasteiger partial charge in [0.15, 0.2) is 0 Å². The summed E-state index contributed by atoms with van der Waals surface area (Å²) in [6.45, 7) is 11.0. The van der Waals surface area contributed by atoms with Gasteiger partial charge in [-0.25, -0.2) is 0 Å². The zero-order chi connectivity index (χ0) is 13.8. The zero-order valence-electron chi connectivity index (χ0n) is 12.6. The van der Waals surface area contributed by atoms with Crippen molar-refractivity contribution in [2.24, 2.45) is 23.2 Å². The van der Waals surface area contributed by atoms with E-state index in [0.717, 1.165) is 0 Å². The van der Waals surface area contributed by atoms with Gasteiger partial charge in [0.05, 0.1) is 0 Å². The maximum Gasteiger partial charge on any atom is 0.227 e. The topological polar surface area (TPSA) is 29.1 Å². The van der Waals surface area contributed by atoms with Crippen molar-refractivity contribution in [3.63, 3.8) is 0 Å². The summed E-state index contributed by atoms with van der Waals surface area (Å²) in [4.78, 5) is 12.2. The molecule has 0 aromatic heterocycles. The second-order valence-corrected chi connectivity index (χ2v) is 6.11. The third-order valence-corrected chi connectivity index (χ3v) is 4.89. The fourth-order valence-corrected chi connectivity index (χ4v) is 3.51. The molecule has 0 radical (unpaired) electrons. The highest BCUT2D eigenvalue weighted by atomic mass is 16.1. The van der Waals surface area contributed by atoms with Crippen LogP contribution in [0.2, 0.25) is 0 Å². The number of amides is 1. The molecule has 2 heteroatoms. The standard InChI is InChI=1S/C16H29NO/c1-6-9-16(5,8-3)13-11-12(4)14(13)15(18)17-10-7-2/h7,10,12-14H,6,8-9,11H2,1-5H3,(H,17,18)/b10-7-/t12?,13?,14?,16-/m1/s1. The van der Waals surface area contributed by atoms with Crippen molar-refractivity contribution in [1.29, 1.82) is 0 Å². The second-order valence-electron chi connectivity index (χ2n) is 6.11. The van der Waals surface area contributed by atoms with E-state index in [1.807, 2.05) is 13.0 Å². The fraction of sp³-hybridized carbons (Fsp3) is 0.812. The summed E-state index contributed by atoms with van der Waals surface area (Å²) < 4.78 is 0. The van der Waals surface area contributed by atoms with E-state index in [4.69, 9.17) is 0 Å². The van der Waals surface area contributed by atoms with Crippen LogP contribution in [0.1, 0.15) is 60.3 Å². The Morgan fingerprint density at radius 2 is 2.11 bits per heavy atom. The average molecular weight is 251 g/mol. The predicted molar refractivity (Wildman–Crippen MR) is 77.0 cm³/mol. The van der Waals surface area contributed by atoms with Gasteiger partial charge in [-0.3, -0.25) is 4.79 Å². The van der Waals surface area contributed by atoms with Gasteiger partial charge in [-0.15, -0.1) is 0 Å². The molecule has 1 N–H and O–H groups in total. The van der Waals surface area contributed by atoms with Gasteiger partial charge in [0.2, 0.25) is 5.91 Å². The van der Waals surface area contributed by atoms with E-state index in [9.17, 15) is 4.79 Å². The molecule has 0 aromatic carbocycles. The molecule has 1 amide bonds. The summed E-state index contributed by atoms with van der Waals surface area (Å²) in [6.07, 6.45) is 8.45. The summed E-state index contributed by atoms with van der Waals surface area (Å²) >= 11 is 0. The lowest BCUT2D eigenvalue weighted by atomic mass is 9.53. The number of hydrogen-bond acceptors (Lipinski definition) is 1. The molecule has 0 saturated heterocycles. The van der Waals surface area contributed by atoms with Crippen LogP contribution in [0.4, 0.5) is 0 Å². The van der Waals surface area contributed by atoms with Crippen LogP contribution in [0.3, 0.4) is 0 Å². The van der Waals surface area contributed by atoms with Gasteiger partial charge >= 0.3 is 0 Å². The molecule has 104 valence electrons. The van der Waals surface area contributed by atoms with Gasteiger partial charge in [-0.1, -0.05) is 46.6 Å². The van der Waals surface area contributed by atoms with E-state index in [1.54, 1.807) is 6.20 Å². The van der Waals surface area contributed by atoms with Crippen LogP contribution in [0.25, 0.3) is 0 Å². The molecule has 1 aliphatic carbocycles. The van der Waals surface area contributed by atoms with Crippen LogP contribution in [0, 0.1) is 23.2 Å². The van der Waals surface area contributed by atoms with E-state index in [-0.39, 0.29) is 11.8 Å². The maximum absolute atomic E-state index is 12.2. The number of carbonyl (C=O) groups excluding carboxylic acids is 1. The van der Waals surface area contributed by atoms with Gasteiger partial charge in [-0.05, 0) is 43.2 Å². The molecule has 0 aliphatic heterocycles. The molecule has 0 bridgehead atoms. The van der Waals surface area contributed by atoms with Gasteiger partial charge in [0.1, 0.15) is 0 Å². The van der Waals surface area contributed by atoms with Crippen LogP contribution in [-0.4, -0.2) is 5.91 Å². The first-order valence-electron chi connectivity index (χ1n) is 7.41. The van der Waals surface area contributed by atoms with Gasteiger partial charge in [0.25, 0.3) is 0 Å². The number of carbonyl (C=O) groups is 1. The summed E-state index contributed by atoms with van der Waals surface area (Å²) in [7, 11) is 0. The minimum atomic E-state index is 0.206. The first-order chi connectivity index (χ1) is 8.50. The van der Waals surface area contributed by atoms with Crippen LogP contribution in [0.15, 0.2) is 12.3 Å². The Morgan fingerprint density at radius 1 is 1.44 bits per heavy atom. The lowest BCUT2D eigenvalue weighted by molar-refractivity contribution is -0.139. The Balaban J connectivity index is 2.74. The number of allylic oxidation sites excluding steroid dienone is 1. The highest BCUT2D eigenvalue weighted by molar-refractivity contribution is 5.81. The number of hydrogen-bond donors (Lipinski definition) is 1. The Labute approximate surface area is 112 Å². The highest BCUT2D eigenvalue weighted by Gasteiger charge is 2.50. The lowest BCUT2D eigenvalue weighted by Crippen LogP contribution is -2.51. The molecule has 2 nitrogen and oxygen atoms in total. The van der Waals surface area contributed by atoms with E-state index in [2.05, 4.69) is 33.0 Å². The molecule has 4 atom stereocenters. The molecule has 0 heterocycles. The Kier molecular flexibility index (Phi) is 5.43. The van der Waals surface area contributed by atoms with Crippen LogP contribution in [-0.2, 0) is 4.79 Å². The van der Waals surface area contributed by atoms with E-state index >= 15 is 0 Å². The van der Waals surface area contributed by atoms with Gasteiger partial charge in [-0.2, -0.15) is 0 Å². The third kappa shape index (κ3) is 2.96. The van der Waals surface area contributed by atoms with Crippen molar-refractivity contribution < 1.29 is 4.79 Å². The summed E-state index contributed by atoms with van der Waals surface area (Å²) in [5.74, 6) is 1.51. The molecule has 1 saturated carbocycles. The molecule has 0 aromatic rings. The monoisotopic (exact) mass is 251 g/mol. The highest BCUT2D eigenvalue weighted by Crippen LogP contribution is 2.53. The van der Waals surface area contributed by atoms with Crippen molar-refractivity contribution in [1.82, 2.24) is 5.32 Å². The molecule has 1 rings (SSSR count). The molecule has 1 aliphatic rings. The number of nitrogens with one attached hydrogen (secondary N) is 1. The summed E-state index contributed by atoms with van der Waals surface area (Å²) in [5, 5.41) is 2.91. The second kappa shape index (κ2) is 6.40. The van der Waals surface area contributed by atoms with E-state index < -0.39 is 0 Å². The summed E-state index contributed by atoms with van der Waals surface area (Å²) in [5.41, 5.74) is 0.333. The lowest BCUT2D eigenvalue weighted by Gasteiger charge is -2.51.